The maximum absolute atomic E-state index is 10.5. The molecule has 3 nitrogen and oxygen atoms in total. The molecule has 1 aromatic carbocycles. The van der Waals surface area contributed by atoms with E-state index in [1.807, 2.05) is 24.3 Å². The van der Waals surface area contributed by atoms with Crippen molar-refractivity contribution >= 4 is 27.6 Å². The molecule has 0 heterocycles. The first-order valence-corrected chi connectivity index (χ1v) is 5.28. The van der Waals surface area contributed by atoms with Crippen LogP contribution in [0.25, 0.3) is 0 Å². The fourth-order valence-corrected chi connectivity index (χ4v) is 1.41. The Labute approximate surface area is 96.9 Å². The van der Waals surface area contributed by atoms with Crippen LogP contribution in [-0.2, 0) is 4.79 Å². The van der Waals surface area contributed by atoms with Gasteiger partial charge in [0.1, 0.15) is 0 Å². The second-order valence-corrected chi connectivity index (χ2v) is 4.00. The molecule has 1 aromatic rings. The van der Waals surface area contributed by atoms with Crippen LogP contribution in [0.5, 0.6) is 0 Å². The molecule has 0 aromatic heterocycles. The molecule has 15 heavy (non-hydrogen) atoms. The molecule has 0 spiro atoms. The van der Waals surface area contributed by atoms with Gasteiger partial charge in [0.05, 0.1) is 0 Å². The van der Waals surface area contributed by atoms with Crippen LogP contribution in [0, 0.1) is 0 Å². The lowest BCUT2D eigenvalue weighted by Crippen LogP contribution is -2.02. The minimum atomic E-state index is -0.883. The molecule has 2 N–H and O–H groups in total. The second kappa shape index (κ2) is 5.56. The Hall–Kier alpha value is -1.29. The van der Waals surface area contributed by atoms with Crippen LogP contribution in [-0.4, -0.2) is 17.6 Å². The van der Waals surface area contributed by atoms with Crippen LogP contribution in [0.2, 0.25) is 0 Å². The number of carbonyl (C=O) groups is 1. The van der Waals surface area contributed by atoms with Crippen molar-refractivity contribution in [2.45, 2.75) is 6.92 Å². The predicted octanol–water partition coefficient (Wildman–Crippen LogP) is 2.89. The summed E-state index contributed by atoms with van der Waals surface area (Å²) in [6, 6.07) is 7.71. The number of carboxylic acids is 1. The van der Waals surface area contributed by atoms with E-state index in [4.69, 9.17) is 5.11 Å². The second-order valence-electron chi connectivity index (χ2n) is 3.08. The van der Waals surface area contributed by atoms with E-state index in [1.54, 1.807) is 13.0 Å². The van der Waals surface area contributed by atoms with E-state index in [-0.39, 0.29) is 0 Å². The Kier molecular flexibility index (Phi) is 4.37. The van der Waals surface area contributed by atoms with Crippen molar-refractivity contribution in [2.75, 3.05) is 11.9 Å². The van der Waals surface area contributed by atoms with Crippen LogP contribution >= 0.6 is 15.9 Å². The summed E-state index contributed by atoms with van der Waals surface area (Å²) in [5, 5.41) is 11.7. The zero-order valence-corrected chi connectivity index (χ0v) is 9.91. The van der Waals surface area contributed by atoms with E-state index < -0.39 is 5.97 Å². The van der Waals surface area contributed by atoms with Gasteiger partial charge in [0.15, 0.2) is 0 Å². The van der Waals surface area contributed by atoms with E-state index >= 15 is 0 Å². The zero-order valence-electron chi connectivity index (χ0n) is 8.33. The van der Waals surface area contributed by atoms with E-state index in [9.17, 15) is 4.79 Å². The van der Waals surface area contributed by atoms with Gasteiger partial charge in [-0.2, -0.15) is 0 Å². The molecular formula is C11H12BrNO2. The van der Waals surface area contributed by atoms with Crippen molar-refractivity contribution in [3.05, 3.63) is 40.4 Å². The SMILES string of the molecule is C/C(=C/CNc1cccc(Br)c1)C(=O)O. The third-order valence-electron chi connectivity index (χ3n) is 1.88. The van der Waals surface area contributed by atoms with Gasteiger partial charge >= 0.3 is 5.97 Å². The van der Waals surface area contributed by atoms with Gasteiger partial charge in [-0.25, -0.2) is 4.79 Å². The summed E-state index contributed by atoms with van der Waals surface area (Å²) in [5.74, 6) is -0.883. The molecule has 0 amide bonds. The van der Waals surface area contributed by atoms with Gasteiger partial charge in [-0.05, 0) is 25.1 Å². The maximum Gasteiger partial charge on any atom is 0.331 e. The highest BCUT2D eigenvalue weighted by atomic mass is 79.9. The number of rotatable bonds is 4. The van der Waals surface area contributed by atoms with Gasteiger partial charge in [-0.3, -0.25) is 0 Å². The van der Waals surface area contributed by atoms with E-state index in [0.29, 0.717) is 12.1 Å². The van der Waals surface area contributed by atoms with Crippen molar-refractivity contribution in [1.29, 1.82) is 0 Å². The number of halogens is 1. The summed E-state index contributed by atoms with van der Waals surface area (Å²) in [6.45, 7) is 2.08. The smallest absolute Gasteiger partial charge is 0.331 e. The van der Waals surface area contributed by atoms with Gasteiger partial charge in [0, 0.05) is 22.3 Å². The molecule has 80 valence electrons. The molecule has 0 fully saturated rings. The summed E-state index contributed by atoms with van der Waals surface area (Å²) < 4.78 is 0.992. The largest absolute Gasteiger partial charge is 0.478 e. The molecule has 0 bridgehead atoms. The summed E-state index contributed by atoms with van der Waals surface area (Å²) in [4.78, 5) is 10.5. The van der Waals surface area contributed by atoms with Crippen LogP contribution in [0.4, 0.5) is 5.69 Å². The predicted molar refractivity (Wildman–Crippen MR) is 64.0 cm³/mol. The molecular weight excluding hydrogens is 258 g/mol. The van der Waals surface area contributed by atoms with Crippen LogP contribution in [0.1, 0.15) is 6.92 Å². The topological polar surface area (TPSA) is 49.3 Å². The molecule has 0 radical (unpaired) electrons. The summed E-state index contributed by atoms with van der Waals surface area (Å²) in [5.41, 5.74) is 1.30. The van der Waals surface area contributed by atoms with Crippen molar-refractivity contribution in [1.82, 2.24) is 0 Å². The van der Waals surface area contributed by atoms with Gasteiger partial charge in [-0.1, -0.05) is 28.1 Å². The molecule has 0 saturated heterocycles. The fourth-order valence-electron chi connectivity index (χ4n) is 1.01. The highest BCUT2D eigenvalue weighted by Gasteiger charge is 1.97. The molecule has 0 aliphatic carbocycles. The minimum absolute atomic E-state index is 0.345. The standard InChI is InChI=1S/C11H12BrNO2/c1-8(11(14)15)5-6-13-10-4-2-3-9(12)7-10/h2-5,7,13H,6H2,1H3,(H,14,15)/b8-5-. The lowest BCUT2D eigenvalue weighted by atomic mass is 10.3. The summed E-state index contributed by atoms with van der Waals surface area (Å²) in [7, 11) is 0. The van der Waals surface area contributed by atoms with Gasteiger partial charge in [0.25, 0.3) is 0 Å². The Morgan fingerprint density at radius 3 is 2.93 bits per heavy atom. The van der Waals surface area contributed by atoms with E-state index in [1.165, 1.54) is 0 Å². The monoisotopic (exact) mass is 269 g/mol. The third-order valence-corrected chi connectivity index (χ3v) is 2.37. The lowest BCUT2D eigenvalue weighted by molar-refractivity contribution is -0.132. The molecule has 1 rings (SSSR count). The zero-order chi connectivity index (χ0) is 11.3. The van der Waals surface area contributed by atoms with Crippen LogP contribution < -0.4 is 5.32 Å². The molecule has 0 unspecified atom stereocenters. The molecule has 0 saturated carbocycles. The summed E-state index contributed by atoms with van der Waals surface area (Å²) >= 11 is 3.36. The number of carboxylic acid groups (broad SMARTS) is 1. The normalized spacial score (nSPS) is 11.2. The Bertz CT molecular complexity index is 388. The van der Waals surface area contributed by atoms with Crippen LogP contribution in [0.15, 0.2) is 40.4 Å². The number of benzene rings is 1. The number of aliphatic carboxylic acids is 1. The highest BCUT2D eigenvalue weighted by Crippen LogP contribution is 2.15. The highest BCUT2D eigenvalue weighted by molar-refractivity contribution is 9.10. The van der Waals surface area contributed by atoms with Gasteiger partial charge in [0.2, 0.25) is 0 Å². The molecule has 4 heteroatoms. The van der Waals surface area contributed by atoms with E-state index in [2.05, 4.69) is 21.2 Å². The maximum atomic E-state index is 10.5. The fraction of sp³-hybridized carbons (Fsp3) is 0.182. The Morgan fingerprint density at radius 2 is 2.33 bits per heavy atom. The van der Waals surface area contributed by atoms with E-state index in [0.717, 1.165) is 10.2 Å². The Morgan fingerprint density at radius 1 is 1.60 bits per heavy atom. The number of nitrogens with one attached hydrogen (secondary N) is 1. The van der Waals surface area contributed by atoms with Crippen LogP contribution in [0.3, 0.4) is 0 Å². The first-order chi connectivity index (χ1) is 7.09. The summed E-state index contributed by atoms with van der Waals surface area (Å²) in [6.07, 6.45) is 1.64. The van der Waals surface area contributed by atoms with Crippen molar-refractivity contribution < 1.29 is 9.90 Å². The number of anilines is 1. The molecule has 0 atom stereocenters. The minimum Gasteiger partial charge on any atom is -0.478 e. The first kappa shape index (κ1) is 11.8. The molecule has 0 aliphatic heterocycles. The number of hydrogen-bond donors (Lipinski definition) is 2. The molecule has 0 aliphatic rings. The average molecular weight is 270 g/mol. The lowest BCUT2D eigenvalue weighted by Gasteiger charge is -2.03. The number of hydrogen-bond acceptors (Lipinski definition) is 2. The van der Waals surface area contributed by atoms with Gasteiger partial charge < -0.3 is 10.4 Å². The average Bonchev–Trinajstić information content (AvgIpc) is 2.17. The van der Waals surface area contributed by atoms with Crippen molar-refractivity contribution in [3.8, 4) is 0 Å². The quantitative estimate of drug-likeness (QED) is 0.827. The third kappa shape index (κ3) is 4.16. The van der Waals surface area contributed by atoms with Gasteiger partial charge in [-0.15, -0.1) is 0 Å². The van der Waals surface area contributed by atoms with Crippen molar-refractivity contribution in [3.63, 3.8) is 0 Å². The van der Waals surface area contributed by atoms with Crippen molar-refractivity contribution in [2.24, 2.45) is 0 Å². The Balaban J connectivity index is 2.51. The first-order valence-electron chi connectivity index (χ1n) is 4.49.